The van der Waals surface area contributed by atoms with Crippen LogP contribution in [0.3, 0.4) is 0 Å². The van der Waals surface area contributed by atoms with Gasteiger partial charge >= 0.3 is 0 Å². The zero-order valence-electron chi connectivity index (χ0n) is 18.1. The van der Waals surface area contributed by atoms with Gasteiger partial charge in [-0.1, -0.05) is 17.8 Å². The number of hydrogen-bond donors (Lipinski definition) is 2. The molecule has 0 fully saturated rings. The molecule has 2 aliphatic rings. The van der Waals surface area contributed by atoms with Crippen LogP contribution in [0.2, 0.25) is 0 Å². The maximum Gasteiger partial charge on any atom is 0.300 e. The number of methoxy groups -OCH3 is 2. The highest BCUT2D eigenvalue weighted by Crippen LogP contribution is 2.36. The number of thioether (sulfide) groups is 1. The van der Waals surface area contributed by atoms with Crippen LogP contribution in [0.15, 0.2) is 41.5 Å². The zero-order chi connectivity index (χ0) is 22.2. The second-order valence-corrected chi connectivity index (χ2v) is 9.58. The summed E-state index contributed by atoms with van der Waals surface area (Å²) in [5.74, 6) is 1.67. The largest absolute Gasteiger partial charge is 0.493 e. The predicted molar refractivity (Wildman–Crippen MR) is 125 cm³/mol. The number of benzene rings is 2. The molecule has 0 radical (unpaired) electrons. The van der Waals surface area contributed by atoms with Crippen LogP contribution in [-0.2, 0) is 6.42 Å². The first-order chi connectivity index (χ1) is 14.8. The molecule has 2 N–H and O–H groups in total. The van der Waals surface area contributed by atoms with Crippen molar-refractivity contribution in [3.05, 3.63) is 53.1 Å². The fourth-order valence-corrected chi connectivity index (χ4v) is 4.88. The van der Waals surface area contributed by atoms with Crippen LogP contribution in [0.1, 0.15) is 37.0 Å². The normalized spacial score (nSPS) is 17.4. The summed E-state index contributed by atoms with van der Waals surface area (Å²) in [5, 5.41) is 13.0. The van der Waals surface area contributed by atoms with E-state index < -0.39 is 4.75 Å². The van der Waals surface area contributed by atoms with E-state index in [1.807, 2.05) is 43.0 Å². The molecule has 2 aromatic carbocycles. The van der Waals surface area contributed by atoms with Crippen LogP contribution >= 0.6 is 11.8 Å². The van der Waals surface area contributed by atoms with Gasteiger partial charge in [0.05, 0.1) is 24.7 Å². The molecule has 1 amide bonds. The quantitative estimate of drug-likeness (QED) is 0.545. The SMILES string of the molecule is COc1ccc(C(=N)N2CCCc3cc(C4=NNC(=O)SC4(C)C)ccc32)cc1OC. The van der Waals surface area contributed by atoms with Gasteiger partial charge in [-0.2, -0.15) is 5.10 Å². The van der Waals surface area contributed by atoms with Gasteiger partial charge in [-0.05, 0) is 68.1 Å². The molecule has 0 bridgehead atoms. The van der Waals surface area contributed by atoms with E-state index in [-0.39, 0.29) is 5.24 Å². The van der Waals surface area contributed by atoms with Crippen LogP contribution in [0.5, 0.6) is 11.5 Å². The fraction of sp³-hybridized carbons (Fsp3) is 0.348. The van der Waals surface area contributed by atoms with Crippen LogP contribution in [0.4, 0.5) is 10.5 Å². The minimum atomic E-state index is -0.405. The average molecular weight is 439 g/mol. The number of rotatable bonds is 4. The number of hydrogen-bond acceptors (Lipinski definition) is 6. The van der Waals surface area contributed by atoms with E-state index in [0.717, 1.165) is 41.9 Å². The van der Waals surface area contributed by atoms with Crippen molar-refractivity contribution in [1.29, 1.82) is 5.41 Å². The Balaban J connectivity index is 1.66. The number of aryl methyl sites for hydroxylation is 1. The van der Waals surface area contributed by atoms with Crippen molar-refractivity contribution in [3.63, 3.8) is 0 Å². The van der Waals surface area contributed by atoms with E-state index in [1.165, 1.54) is 17.3 Å². The number of hydrazone groups is 1. The van der Waals surface area contributed by atoms with Crippen LogP contribution in [-0.4, -0.2) is 42.3 Å². The van der Waals surface area contributed by atoms with Gasteiger partial charge in [0.1, 0.15) is 5.84 Å². The minimum Gasteiger partial charge on any atom is -0.493 e. The van der Waals surface area contributed by atoms with Crippen LogP contribution in [0.25, 0.3) is 0 Å². The van der Waals surface area contributed by atoms with E-state index in [4.69, 9.17) is 14.9 Å². The van der Waals surface area contributed by atoms with Crippen molar-refractivity contribution < 1.29 is 14.3 Å². The summed E-state index contributed by atoms with van der Waals surface area (Å²) in [6.07, 6.45) is 1.89. The maximum absolute atomic E-state index is 11.7. The standard InChI is InChI=1S/C23H26N4O3S/c1-23(2)20(25-26-22(28)31-23)15-7-9-17-14(12-15)6-5-11-27(17)21(24)16-8-10-18(29-3)19(13-16)30-4/h7-10,12-13,24H,5-6,11H2,1-4H3,(H,26,28). The number of carbonyl (C=O) groups excluding carboxylic acids is 1. The zero-order valence-corrected chi connectivity index (χ0v) is 18.9. The molecule has 0 spiro atoms. The third-order valence-electron chi connectivity index (χ3n) is 5.58. The van der Waals surface area contributed by atoms with Crippen molar-refractivity contribution in [1.82, 2.24) is 5.43 Å². The number of nitrogens with zero attached hydrogens (tertiary/aromatic N) is 2. The molecule has 0 saturated heterocycles. The lowest BCUT2D eigenvalue weighted by Crippen LogP contribution is -2.39. The molecular weight excluding hydrogens is 412 g/mol. The molecule has 0 atom stereocenters. The molecule has 0 unspecified atom stereocenters. The Hall–Kier alpha value is -3.00. The van der Waals surface area contributed by atoms with Gasteiger partial charge in [-0.3, -0.25) is 10.2 Å². The molecule has 162 valence electrons. The highest BCUT2D eigenvalue weighted by Gasteiger charge is 2.34. The first-order valence-corrected chi connectivity index (χ1v) is 10.9. The third kappa shape index (κ3) is 3.99. The number of amides is 1. The van der Waals surface area contributed by atoms with Crippen molar-refractivity contribution in [3.8, 4) is 11.5 Å². The molecule has 2 heterocycles. The van der Waals surface area contributed by atoms with Crippen molar-refractivity contribution in [2.45, 2.75) is 31.4 Å². The van der Waals surface area contributed by atoms with Gasteiger partial charge in [0.25, 0.3) is 5.24 Å². The van der Waals surface area contributed by atoms with Crippen LogP contribution < -0.4 is 19.8 Å². The van der Waals surface area contributed by atoms with E-state index in [9.17, 15) is 4.79 Å². The van der Waals surface area contributed by atoms with Gasteiger partial charge in [0, 0.05) is 17.8 Å². The molecule has 0 aliphatic carbocycles. The number of anilines is 1. The Kier molecular flexibility index (Phi) is 5.66. The number of carbonyl (C=O) groups is 1. The van der Waals surface area contributed by atoms with E-state index in [2.05, 4.69) is 22.7 Å². The second-order valence-electron chi connectivity index (χ2n) is 7.99. The second kappa shape index (κ2) is 8.26. The lowest BCUT2D eigenvalue weighted by Gasteiger charge is -2.33. The van der Waals surface area contributed by atoms with Gasteiger partial charge in [-0.15, -0.1) is 0 Å². The number of ether oxygens (including phenoxy) is 2. The fourth-order valence-electron chi connectivity index (χ4n) is 4.07. The highest BCUT2D eigenvalue weighted by molar-refractivity contribution is 8.15. The molecular formula is C23H26N4O3S. The predicted octanol–water partition coefficient (Wildman–Crippen LogP) is 4.42. The Bertz CT molecular complexity index is 1080. The summed E-state index contributed by atoms with van der Waals surface area (Å²) in [7, 11) is 3.20. The molecule has 4 rings (SSSR count). The molecule has 2 aliphatic heterocycles. The van der Waals surface area contributed by atoms with Gasteiger partial charge in [0.15, 0.2) is 11.5 Å². The van der Waals surface area contributed by atoms with Crippen molar-refractivity contribution in [2.24, 2.45) is 5.10 Å². The Morgan fingerprint density at radius 3 is 2.65 bits per heavy atom. The smallest absolute Gasteiger partial charge is 0.300 e. The Labute approximate surface area is 186 Å². The monoisotopic (exact) mass is 438 g/mol. The Morgan fingerprint density at radius 2 is 1.94 bits per heavy atom. The molecule has 31 heavy (non-hydrogen) atoms. The topological polar surface area (TPSA) is 87.0 Å². The molecule has 8 heteroatoms. The summed E-state index contributed by atoms with van der Waals surface area (Å²) < 4.78 is 10.3. The molecule has 7 nitrogen and oxygen atoms in total. The van der Waals surface area contributed by atoms with Crippen molar-refractivity contribution >= 4 is 34.2 Å². The van der Waals surface area contributed by atoms with Gasteiger partial charge in [0.2, 0.25) is 0 Å². The first kappa shape index (κ1) is 21.2. The number of fused-ring (bicyclic) bond motifs is 1. The molecule has 0 aromatic heterocycles. The summed E-state index contributed by atoms with van der Waals surface area (Å²) in [6.45, 7) is 4.79. The summed E-state index contributed by atoms with van der Waals surface area (Å²) >= 11 is 1.25. The van der Waals surface area contributed by atoms with E-state index >= 15 is 0 Å². The molecule has 2 aromatic rings. The number of nitrogens with one attached hydrogen (secondary N) is 2. The first-order valence-electron chi connectivity index (χ1n) is 10.1. The summed E-state index contributed by atoms with van der Waals surface area (Å²) in [6, 6.07) is 11.8. The van der Waals surface area contributed by atoms with Gasteiger partial charge < -0.3 is 14.4 Å². The third-order valence-corrected chi connectivity index (χ3v) is 6.56. The summed E-state index contributed by atoms with van der Waals surface area (Å²) in [4.78, 5) is 13.8. The van der Waals surface area contributed by atoms with E-state index in [0.29, 0.717) is 17.3 Å². The van der Waals surface area contributed by atoms with Crippen molar-refractivity contribution in [2.75, 3.05) is 25.7 Å². The highest BCUT2D eigenvalue weighted by atomic mass is 32.2. The summed E-state index contributed by atoms with van der Waals surface area (Å²) in [5.41, 5.74) is 7.40. The lowest BCUT2D eigenvalue weighted by molar-refractivity contribution is 0.260. The van der Waals surface area contributed by atoms with Crippen LogP contribution in [0, 0.1) is 5.41 Å². The van der Waals surface area contributed by atoms with Gasteiger partial charge in [-0.25, -0.2) is 5.43 Å². The molecule has 0 saturated carbocycles. The maximum atomic E-state index is 11.7. The number of amidine groups is 1. The average Bonchev–Trinajstić information content (AvgIpc) is 2.76. The van der Waals surface area contributed by atoms with E-state index in [1.54, 1.807) is 14.2 Å². The Morgan fingerprint density at radius 1 is 1.16 bits per heavy atom. The minimum absolute atomic E-state index is 0.138. The lowest BCUT2D eigenvalue weighted by atomic mass is 9.93.